The molecular weight excluding hydrogens is 464 g/mol. The van der Waals surface area contributed by atoms with Crippen molar-refractivity contribution in [2.24, 2.45) is 0 Å². The monoisotopic (exact) mass is 488 g/mol. The largest absolute Gasteiger partial charge is 0.442 e. The molecule has 0 saturated carbocycles. The standard InChI is InChI=1S/C23H25ClN4O4S/c1-14(29)26-19-11-16(5-6-20(19)27-8-2-3-9-27)28-13-17(32-23(28)31)12-25-22(30)18-10-15(24)4-7-21(18)33/h4-6,10-11,17H,2-3,7-9,12-13H2,1H3,(H,25,30)(H,26,29). The average Bonchev–Trinajstić information content (AvgIpc) is 3.43. The lowest BCUT2D eigenvalue weighted by Gasteiger charge is -2.23. The molecule has 2 heterocycles. The summed E-state index contributed by atoms with van der Waals surface area (Å²) in [5.74, 6) is -0.522. The maximum atomic E-state index is 12.5. The van der Waals surface area contributed by atoms with E-state index >= 15 is 0 Å². The van der Waals surface area contributed by atoms with Crippen LogP contribution in [0, 0.1) is 0 Å². The predicted octanol–water partition coefficient (Wildman–Crippen LogP) is 3.51. The quantitative estimate of drug-likeness (QED) is 0.595. The van der Waals surface area contributed by atoms with Gasteiger partial charge in [0.15, 0.2) is 0 Å². The fourth-order valence-corrected chi connectivity index (χ4v) is 4.55. The van der Waals surface area contributed by atoms with Crippen LogP contribution in [-0.2, 0) is 14.3 Å². The third-order valence-electron chi connectivity index (χ3n) is 5.72. The van der Waals surface area contributed by atoms with Crippen molar-refractivity contribution in [2.45, 2.75) is 32.3 Å². The number of nitrogens with one attached hydrogen (secondary N) is 2. The molecule has 10 heteroatoms. The molecule has 1 aromatic carbocycles. The molecular formula is C23H25ClN4O4S. The van der Waals surface area contributed by atoms with E-state index in [0.29, 0.717) is 33.3 Å². The summed E-state index contributed by atoms with van der Waals surface area (Å²) in [5.41, 5.74) is 2.58. The number of benzene rings is 1. The normalized spacial score (nSPS) is 20.4. The van der Waals surface area contributed by atoms with Gasteiger partial charge in [0.25, 0.3) is 5.91 Å². The van der Waals surface area contributed by atoms with E-state index in [1.807, 2.05) is 12.1 Å². The zero-order valence-electron chi connectivity index (χ0n) is 18.2. The van der Waals surface area contributed by atoms with Crippen molar-refractivity contribution in [1.29, 1.82) is 0 Å². The van der Waals surface area contributed by atoms with E-state index in [1.165, 1.54) is 11.8 Å². The third-order valence-corrected chi connectivity index (χ3v) is 6.37. The van der Waals surface area contributed by atoms with Gasteiger partial charge in [-0.3, -0.25) is 14.5 Å². The number of carbonyl (C=O) groups is 3. The lowest BCUT2D eigenvalue weighted by molar-refractivity contribution is -0.117. The minimum atomic E-state index is -0.521. The maximum absolute atomic E-state index is 12.5. The zero-order valence-corrected chi connectivity index (χ0v) is 19.8. The highest BCUT2D eigenvalue weighted by Gasteiger charge is 2.33. The Labute approximate surface area is 202 Å². The highest BCUT2D eigenvalue weighted by Crippen LogP contribution is 2.34. The fourth-order valence-electron chi connectivity index (χ4n) is 4.13. The van der Waals surface area contributed by atoms with Crippen molar-refractivity contribution in [1.82, 2.24) is 5.32 Å². The van der Waals surface area contributed by atoms with Gasteiger partial charge in [-0.25, -0.2) is 4.79 Å². The summed E-state index contributed by atoms with van der Waals surface area (Å²) in [4.78, 5) is 41.0. The first kappa shape index (κ1) is 23.3. The molecule has 0 spiro atoms. The summed E-state index contributed by atoms with van der Waals surface area (Å²) >= 11 is 11.2. The van der Waals surface area contributed by atoms with Gasteiger partial charge >= 0.3 is 6.09 Å². The number of anilines is 3. The summed E-state index contributed by atoms with van der Waals surface area (Å²) in [5, 5.41) is 6.12. The number of nitrogens with zero attached hydrogens (tertiary/aromatic N) is 2. The lowest BCUT2D eigenvalue weighted by atomic mass is 10.0. The molecule has 1 aliphatic carbocycles. The van der Waals surface area contributed by atoms with E-state index in [2.05, 4.69) is 15.5 Å². The number of cyclic esters (lactones) is 1. The molecule has 2 saturated heterocycles. The molecule has 2 aliphatic heterocycles. The molecule has 0 bridgehead atoms. The Kier molecular flexibility index (Phi) is 6.99. The number of amides is 3. The molecule has 8 nitrogen and oxygen atoms in total. The Morgan fingerprint density at radius 2 is 2.03 bits per heavy atom. The van der Waals surface area contributed by atoms with E-state index < -0.39 is 12.2 Å². The molecule has 33 heavy (non-hydrogen) atoms. The SMILES string of the molecule is CC(=O)Nc1cc(N2CC(CNC(=O)C3=CC(Cl)=CCC3=S)OC2=O)ccc1N1CCCC1. The van der Waals surface area contributed by atoms with Crippen LogP contribution >= 0.6 is 23.8 Å². The maximum Gasteiger partial charge on any atom is 0.414 e. The topological polar surface area (TPSA) is 91.0 Å². The van der Waals surface area contributed by atoms with Gasteiger partial charge < -0.3 is 20.3 Å². The third kappa shape index (κ3) is 5.36. The molecule has 3 aliphatic rings. The Morgan fingerprint density at radius 3 is 2.76 bits per heavy atom. The van der Waals surface area contributed by atoms with Gasteiger partial charge in [0.05, 0.1) is 30.0 Å². The molecule has 0 radical (unpaired) electrons. The first-order valence-corrected chi connectivity index (χ1v) is 11.6. The summed E-state index contributed by atoms with van der Waals surface area (Å²) in [7, 11) is 0. The second-order valence-corrected chi connectivity index (χ2v) is 9.11. The van der Waals surface area contributed by atoms with Crippen molar-refractivity contribution in [2.75, 3.05) is 41.3 Å². The van der Waals surface area contributed by atoms with Crippen LogP contribution in [0.2, 0.25) is 0 Å². The first-order valence-electron chi connectivity index (χ1n) is 10.9. The Morgan fingerprint density at radius 1 is 1.27 bits per heavy atom. The summed E-state index contributed by atoms with van der Waals surface area (Å²) in [6.07, 6.45) is 4.93. The minimum Gasteiger partial charge on any atom is -0.442 e. The van der Waals surface area contributed by atoms with Crippen LogP contribution in [0.1, 0.15) is 26.2 Å². The summed E-state index contributed by atoms with van der Waals surface area (Å²) < 4.78 is 5.45. The summed E-state index contributed by atoms with van der Waals surface area (Å²) in [6, 6.07) is 5.56. The van der Waals surface area contributed by atoms with Crippen molar-refractivity contribution in [3.63, 3.8) is 0 Å². The molecule has 2 N–H and O–H groups in total. The predicted molar refractivity (Wildman–Crippen MR) is 132 cm³/mol. The van der Waals surface area contributed by atoms with Gasteiger partial charge in [-0.15, -0.1) is 0 Å². The van der Waals surface area contributed by atoms with Crippen molar-refractivity contribution in [3.8, 4) is 0 Å². The van der Waals surface area contributed by atoms with Crippen LogP contribution in [0.3, 0.4) is 0 Å². The highest BCUT2D eigenvalue weighted by molar-refractivity contribution is 7.81. The van der Waals surface area contributed by atoms with Gasteiger partial charge in [0.1, 0.15) is 6.10 Å². The minimum absolute atomic E-state index is 0.146. The Bertz CT molecular complexity index is 1060. The number of thiocarbonyl (C=S) groups is 1. The van der Waals surface area contributed by atoms with E-state index in [4.69, 9.17) is 28.6 Å². The van der Waals surface area contributed by atoms with Crippen LogP contribution in [-0.4, -0.2) is 55.1 Å². The Balaban J connectivity index is 1.43. The van der Waals surface area contributed by atoms with Gasteiger partial charge in [-0.1, -0.05) is 29.9 Å². The van der Waals surface area contributed by atoms with Crippen molar-refractivity contribution >= 4 is 63.7 Å². The van der Waals surface area contributed by atoms with E-state index in [1.54, 1.807) is 18.2 Å². The van der Waals surface area contributed by atoms with E-state index in [9.17, 15) is 14.4 Å². The van der Waals surface area contributed by atoms with E-state index in [0.717, 1.165) is 31.6 Å². The number of hydrogen-bond donors (Lipinski definition) is 2. The van der Waals surface area contributed by atoms with Gasteiger partial charge in [0, 0.05) is 42.0 Å². The van der Waals surface area contributed by atoms with Crippen LogP contribution < -0.4 is 20.4 Å². The molecule has 4 rings (SSSR count). The number of halogens is 1. The number of carbonyl (C=O) groups excluding carboxylic acids is 3. The molecule has 0 aromatic heterocycles. The van der Waals surface area contributed by atoms with Crippen LogP contribution in [0.15, 0.2) is 41.0 Å². The summed E-state index contributed by atoms with van der Waals surface area (Å²) in [6.45, 7) is 3.74. The Hall–Kier alpha value is -2.91. The molecule has 1 unspecified atom stereocenters. The second kappa shape index (κ2) is 9.93. The fraction of sp³-hybridized carbons (Fsp3) is 0.391. The average molecular weight is 489 g/mol. The van der Waals surface area contributed by atoms with Crippen molar-refractivity contribution < 1.29 is 19.1 Å². The molecule has 1 aromatic rings. The second-order valence-electron chi connectivity index (χ2n) is 8.18. The highest BCUT2D eigenvalue weighted by atomic mass is 35.5. The molecule has 3 amide bonds. The van der Waals surface area contributed by atoms with Crippen LogP contribution in [0.5, 0.6) is 0 Å². The van der Waals surface area contributed by atoms with Gasteiger partial charge in [-0.05, 0) is 37.1 Å². The van der Waals surface area contributed by atoms with Gasteiger partial charge in [-0.2, -0.15) is 0 Å². The van der Waals surface area contributed by atoms with Crippen LogP contribution in [0.25, 0.3) is 0 Å². The lowest BCUT2D eigenvalue weighted by Crippen LogP contribution is -2.36. The molecule has 174 valence electrons. The number of rotatable bonds is 6. The number of hydrogen-bond acceptors (Lipinski definition) is 6. The molecule has 2 fully saturated rings. The van der Waals surface area contributed by atoms with Crippen molar-refractivity contribution in [3.05, 3.63) is 41.0 Å². The smallest absolute Gasteiger partial charge is 0.414 e. The van der Waals surface area contributed by atoms with E-state index in [-0.39, 0.29) is 24.9 Å². The van der Waals surface area contributed by atoms with Gasteiger partial charge in [0.2, 0.25) is 5.91 Å². The van der Waals surface area contributed by atoms with Crippen LogP contribution in [0.4, 0.5) is 21.9 Å². The first-order chi connectivity index (χ1) is 15.8. The number of allylic oxidation sites excluding steroid dienone is 3. The molecule has 1 atom stereocenters. The zero-order chi connectivity index (χ0) is 23.5. The number of ether oxygens (including phenoxy) is 1.